The second kappa shape index (κ2) is 14.8. The Morgan fingerprint density at radius 3 is 1.56 bits per heavy atom. The number of rotatable bonds is 16. The lowest BCUT2D eigenvalue weighted by Gasteiger charge is -2.26. The maximum absolute atomic E-state index is 12.9. The van der Waals surface area contributed by atoms with Crippen LogP contribution in [0.3, 0.4) is 0 Å². The largest absolute Gasteiger partial charge is 0.480 e. The Morgan fingerprint density at radius 1 is 0.794 bits per heavy atom. The average molecular weight is 489 g/mol. The number of aliphatic carboxylic acids is 1. The van der Waals surface area contributed by atoms with Gasteiger partial charge in [-0.05, 0) is 25.7 Å². The smallest absolute Gasteiger partial charge is 0.328 e. The van der Waals surface area contributed by atoms with Crippen LogP contribution in [0.2, 0.25) is 0 Å². The number of primary amides is 2. The molecule has 0 aromatic rings. The summed E-state index contributed by atoms with van der Waals surface area (Å²) in [7, 11) is 0. The topological polar surface area (TPSA) is 257 Å². The van der Waals surface area contributed by atoms with Gasteiger partial charge in [-0.15, -0.1) is 0 Å². The van der Waals surface area contributed by atoms with Crippen molar-refractivity contribution in [3.8, 4) is 0 Å². The number of carbonyl (C=O) groups is 6. The van der Waals surface area contributed by atoms with Gasteiger partial charge in [-0.25, -0.2) is 4.79 Å². The number of nitrogens with one attached hydrogen (secondary N) is 3. The highest BCUT2D eigenvalue weighted by atomic mass is 16.4. The Bertz CT molecular complexity index is 759. The third-order valence-corrected chi connectivity index (χ3v) is 5.23. The number of hydrogen-bond acceptors (Lipinski definition) is 8. The molecule has 194 valence electrons. The first kappa shape index (κ1) is 30.7. The monoisotopic (exact) mass is 488 g/mol. The fourth-order valence-corrected chi connectivity index (χ4v) is 2.81. The Kier molecular flexibility index (Phi) is 13.4. The summed E-state index contributed by atoms with van der Waals surface area (Å²) in [6, 6.07) is -5.35. The maximum atomic E-state index is 12.9. The average Bonchev–Trinajstić information content (AvgIpc) is 2.75. The second-order valence-electron chi connectivity index (χ2n) is 8.11. The molecule has 6 unspecified atom stereocenters. The van der Waals surface area contributed by atoms with Crippen molar-refractivity contribution >= 4 is 35.5 Å². The predicted octanol–water partition coefficient (Wildman–Crippen LogP) is -3.19. The van der Waals surface area contributed by atoms with Crippen molar-refractivity contribution in [3.05, 3.63) is 0 Å². The van der Waals surface area contributed by atoms with E-state index in [4.69, 9.17) is 22.3 Å². The SMILES string of the molecule is CCC(C)C(N)C(=O)NC(CCC(N)=O)C(=O)NC(CCC(N)=O)C(=O)NC(C(=O)O)C(C)O. The van der Waals surface area contributed by atoms with Crippen molar-refractivity contribution in [2.75, 3.05) is 0 Å². The van der Waals surface area contributed by atoms with Crippen molar-refractivity contribution in [2.45, 2.75) is 83.1 Å². The molecule has 0 aromatic carbocycles. The minimum absolute atomic E-state index is 0.199. The second-order valence-corrected chi connectivity index (χ2v) is 8.11. The summed E-state index contributed by atoms with van der Waals surface area (Å²) in [4.78, 5) is 71.7. The summed E-state index contributed by atoms with van der Waals surface area (Å²) < 4.78 is 0. The van der Waals surface area contributed by atoms with Gasteiger partial charge in [-0.3, -0.25) is 24.0 Å². The molecule has 5 amide bonds. The van der Waals surface area contributed by atoms with E-state index >= 15 is 0 Å². The van der Waals surface area contributed by atoms with Crippen LogP contribution in [0.5, 0.6) is 0 Å². The lowest BCUT2D eigenvalue weighted by Crippen LogP contribution is -2.58. The van der Waals surface area contributed by atoms with Crippen molar-refractivity contribution < 1.29 is 39.0 Å². The minimum Gasteiger partial charge on any atom is -0.480 e. The van der Waals surface area contributed by atoms with Crippen LogP contribution in [0.4, 0.5) is 0 Å². The Morgan fingerprint density at radius 2 is 1.21 bits per heavy atom. The normalized spacial score (nSPS) is 16.1. The molecule has 0 saturated carbocycles. The van der Waals surface area contributed by atoms with Crippen molar-refractivity contribution in [3.63, 3.8) is 0 Å². The zero-order valence-corrected chi connectivity index (χ0v) is 19.6. The highest BCUT2D eigenvalue weighted by Crippen LogP contribution is 2.08. The van der Waals surface area contributed by atoms with E-state index in [0.717, 1.165) is 6.92 Å². The lowest BCUT2D eigenvalue weighted by atomic mass is 9.98. The Labute approximate surface area is 197 Å². The van der Waals surface area contributed by atoms with E-state index in [-0.39, 0.29) is 31.6 Å². The molecular weight excluding hydrogens is 452 g/mol. The van der Waals surface area contributed by atoms with Gasteiger partial charge in [0.1, 0.15) is 12.1 Å². The van der Waals surface area contributed by atoms with Crippen LogP contribution in [-0.2, 0) is 28.8 Å². The Balaban J connectivity index is 5.66. The van der Waals surface area contributed by atoms with Crippen LogP contribution < -0.4 is 33.2 Å². The number of carboxylic acids is 1. The standard InChI is InChI=1S/C20H36N6O8/c1-4-9(2)15(23)19(32)25-11(5-7-13(21)28)17(30)24-12(6-8-14(22)29)18(31)26-16(10(3)27)20(33)34/h9-12,15-16,27H,4-8,23H2,1-3H3,(H2,21,28)(H2,22,29)(H,24,30)(H,25,32)(H,26,31)(H,33,34). The number of carboxylic acid groups (broad SMARTS) is 1. The first-order valence-electron chi connectivity index (χ1n) is 10.8. The van der Waals surface area contributed by atoms with Crippen LogP contribution in [0.15, 0.2) is 0 Å². The molecule has 0 heterocycles. The number of aliphatic hydroxyl groups excluding tert-OH is 1. The molecule has 0 aliphatic heterocycles. The molecule has 0 aromatic heterocycles. The van der Waals surface area contributed by atoms with Gasteiger partial charge in [0, 0.05) is 12.8 Å². The highest BCUT2D eigenvalue weighted by Gasteiger charge is 2.32. The summed E-state index contributed by atoms with van der Waals surface area (Å²) in [5, 5.41) is 25.6. The third kappa shape index (κ3) is 11.0. The molecular formula is C20H36N6O8. The fraction of sp³-hybridized carbons (Fsp3) is 0.700. The molecule has 6 atom stereocenters. The van der Waals surface area contributed by atoms with E-state index in [1.54, 1.807) is 6.92 Å². The van der Waals surface area contributed by atoms with E-state index in [1.165, 1.54) is 0 Å². The third-order valence-electron chi connectivity index (χ3n) is 5.23. The first-order valence-corrected chi connectivity index (χ1v) is 10.8. The van der Waals surface area contributed by atoms with E-state index in [9.17, 15) is 33.9 Å². The summed E-state index contributed by atoms with van der Waals surface area (Å²) in [6.07, 6.45) is -1.95. The van der Waals surface area contributed by atoms with E-state index in [0.29, 0.717) is 6.42 Å². The predicted molar refractivity (Wildman–Crippen MR) is 119 cm³/mol. The summed E-state index contributed by atoms with van der Waals surface area (Å²) in [6.45, 7) is 4.72. The number of nitrogens with two attached hydrogens (primary N) is 3. The maximum Gasteiger partial charge on any atom is 0.328 e. The Hall–Kier alpha value is -3.26. The van der Waals surface area contributed by atoms with Gasteiger partial charge in [0.15, 0.2) is 6.04 Å². The van der Waals surface area contributed by atoms with Crippen LogP contribution in [0.25, 0.3) is 0 Å². The molecule has 0 saturated heterocycles. The molecule has 11 N–H and O–H groups in total. The van der Waals surface area contributed by atoms with Crippen molar-refractivity contribution in [1.82, 2.24) is 16.0 Å². The molecule has 0 rings (SSSR count). The van der Waals surface area contributed by atoms with Gasteiger partial charge in [-0.1, -0.05) is 20.3 Å². The fourth-order valence-electron chi connectivity index (χ4n) is 2.81. The lowest BCUT2D eigenvalue weighted by molar-refractivity contribution is -0.145. The number of carbonyl (C=O) groups excluding carboxylic acids is 5. The van der Waals surface area contributed by atoms with Crippen LogP contribution in [-0.4, -0.2) is 76.0 Å². The molecule has 14 heteroatoms. The summed E-state index contributed by atoms with van der Waals surface area (Å²) in [5.74, 6) is -5.79. The first-order chi connectivity index (χ1) is 15.7. The van der Waals surface area contributed by atoms with Crippen LogP contribution >= 0.6 is 0 Å². The van der Waals surface area contributed by atoms with Gasteiger partial charge >= 0.3 is 5.97 Å². The molecule has 0 radical (unpaired) electrons. The molecule has 0 bridgehead atoms. The quantitative estimate of drug-likeness (QED) is 0.109. The van der Waals surface area contributed by atoms with Gasteiger partial charge in [0.05, 0.1) is 12.1 Å². The van der Waals surface area contributed by atoms with Crippen molar-refractivity contribution in [2.24, 2.45) is 23.1 Å². The van der Waals surface area contributed by atoms with Gasteiger partial charge < -0.3 is 43.4 Å². The zero-order valence-electron chi connectivity index (χ0n) is 19.6. The van der Waals surface area contributed by atoms with Gasteiger partial charge in [0.2, 0.25) is 29.5 Å². The molecule has 34 heavy (non-hydrogen) atoms. The molecule has 0 fully saturated rings. The molecule has 14 nitrogen and oxygen atoms in total. The molecule has 0 aliphatic rings. The number of aliphatic hydroxyl groups is 1. The van der Waals surface area contributed by atoms with E-state index in [1.807, 2.05) is 6.92 Å². The zero-order chi connectivity index (χ0) is 26.6. The molecule has 0 aliphatic carbocycles. The summed E-state index contributed by atoms with van der Waals surface area (Å²) >= 11 is 0. The molecule has 0 spiro atoms. The minimum atomic E-state index is -1.68. The van der Waals surface area contributed by atoms with Gasteiger partial charge in [-0.2, -0.15) is 0 Å². The van der Waals surface area contributed by atoms with E-state index < -0.39 is 65.8 Å². The summed E-state index contributed by atoms with van der Waals surface area (Å²) in [5.41, 5.74) is 16.1. The number of hydrogen-bond donors (Lipinski definition) is 8. The van der Waals surface area contributed by atoms with Crippen LogP contribution in [0.1, 0.15) is 52.9 Å². The number of amides is 5. The van der Waals surface area contributed by atoms with Gasteiger partial charge in [0.25, 0.3) is 0 Å². The van der Waals surface area contributed by atoms with Crippen molar-refractivity contribution in [1.29, 1.82) is 0 Å². The van der Waals surface area contributed by atoms with Crippen LogP contribution in [0, 0.1) is 5.92 Å². The van der Waals surface area contributed by atoms with E-state index in [2.05, 4.69) is 16.0 Å². The highest BCUT2D eigenvalue weighted by molar-refractivity contribution is 5.94.